The fourth-order valence-corrected chi connectivity index (χ4v) is 3.51. The number of hydrogen-bond acceptors (Lipinski definition) is 10. The minimum atomic E-state index is -1.12. The van der Waals surface area contributed by atoms with Gasteiger partial charge in [-0.2, -0.15) is 0 Å². The maximum Gasteiger partial charge on any atom is 0.513 e. The Morgan fingerprint density at radius 2 is 1.39 bits per heavy atom. The van der Waals surface area contributed by atoms with Crippen LogP contribution in [-0.4, -0.2) is 61.3 Å². The summed E-state index contributed by atoms with van der Waals surface area (Å²) in [6.45, 7) is 11.8. The number of carbonyl (C=O) groups excluding carboxylic acids is 3. The number of ether oxygens (including phenoxy) is 5. The molecule has 232 valence electrons. The Labute approximate surface area is 243 Å². The molecule has 0 radical (unpaired) electrons. The van der Waals surface area contributed by atoms with Crippen molar-refractivity contribution in [1.29, 1.82) is 0 Å². The second kappa shape index (κ2) is 19.7. The van der Waals surface area contributed by atoms with Gasteiger partial charge in [0.1, 0.15) is 12.1 Å². The van der Waals surface area contributed by atoms with E-state index in [-0.39, 0.29) is 55.5 Å². The second-order valence-electron chi connectivity index (χ2n) is 10.4. The molecule has 0 fully saturated rings. The molecular formula is C30H47NO10. The topological polar surface area (TPSA) is 147 Å². The van der Waals surface area contributed by atoms with E-state index in [2.05, 4.69) is 5.32 Å². The van der Waals surface area contributed by atoms with Gasteiger partial charge in [-0.3, -0.25) is 9.59 Å². The Balaban J connectivity index is 2.95. The van der Waals surface area contributed by atoms with E-state index < -0.39 is 30.4 Å². The molecule has 0 saturated carbocycles. The molecule has 1 aromatic carbocycles. The van der Waals surface area contributed by atoms with Crippen molar-refractivity contribution in [2.24, 2.45) is 11.8 Å². The maximum atomic E-state index is 12.3. The Hall–Kier alpha value is -3.34. The second-order valence-corrected chi connectivity index (χ2v) is 10.4. The van der Waals surface area contributed by atoms with E-state index >= 15 is 0 Å². The standard InChI is InChI=1S/C30H47NO10/c1-7-9-11-15-37-29(35)40-25-14-13-23(18-26(25)41-30(36)38-16-12-10-8-2)17-24(27(32)33)31-19-21(5)39-28(34)22(6)20(3)4/h13-14,18,20-22,24,31H,7-12,15-17,19H2,1-6H3,(H,32,33)/t21?,22?,24-/m0/s1. The molecule has 11 nitrogen and oxygen atoms in total. The van der Waals surface area contributed by atoms with Crippen LogP contribution in [0.5, 0.6) is 11.5 Å². The fourth-order valence-electron chi connectivity index (χ4n) is 3.51. The third kappa shape index (κ3) is 14.7. The van der Waals surface area contributed by atoms with Crippen LogP contribution in [0.3, 0.4) is 0 Å². The van der Waals surface area contributed by atoms with Crippen LogP contribution in [0.4, 0.5) is 9.59 Å². The highest BCUT2D eigenvalue weighted by Gasteiger charge is 2.24. The number of carboxylic acids is 1. The monoisotopic (exact) mass is 581 g/mol. The molecule has 2 unspecified atom stereocenters. The van der Waals surface area contributed by atoms with Crippen LogP contribution >= 0.6 is 0 Å². The Kier molecular flexibility index (Phi) is 17.1. The molecule has 11 heteroatoms. The maximum absolute atomic E-state index is 12.3. The fraction of sp³-hybridized carbons (Fsp3) is 0.667. The molecule has 0 heterocycles. The lowest BCUT2D eigenvalue weighted by atomic mass is 9.98. The van der Waals surface area contributed by atoms with Gasteiger partial charge < -0.3 is 34.1 Å². The van der Waals surface area contributed by atoms with Gasteiger partial charge in [-0.1, -0.05) is 66.4 Å². The Morgan fingerprint density at radius 1 is 0.829 bits per heavy atom. The molecule has 0 aliphatic carbocycles. The number of aliphatic carboxylic acids is 1. The minimum Gasteiger partial charge on any atom is -0.480 e. The number of carbonyl (C=O) groups is 4. The highest BCUT2D eigenvalue weighted by Crippen LogP contribution is 2.30. The number of unbranched alkanes of at least 4 members (excludes halogenated alkanes) is 4. The lowest BCUT2D eigenvalue weighted by molar-refractivity contribution is -0.154. The summed E-state index contributed by atoms with van der Waals surface area (Å²) in [5, 5.41) is 12.7. The van der Waals surface area contributed by atoms with Gasteiger partial charge in [-0.25, -0.2) is 9.59 Å². The van der Waals surface area contributed by atoms with Gasteiger partial charge in [0.15, 0.2) is 11.5 Å². The van der Waals surface area contributed by atoms with Gasteiger partial charge in [0, 0.05) is 6.54 Å². The zero-order chi connectivity index (χ0) is 30.8. The quantitative estimate of drug-likeness (QED) is 0.0870. The largest absolute Gasteiger partial charge is 0.513 e. The van der Waals surface area contributed by atoms with E-state index in [0.717, 1.165) is 25.7 Å². The average Bonchev–Trinajstić information content (AvgIpc) is 2.92. The third-order valence-electron chi connectivity index (χ3n) is 6.41. The highest BCUT2D eigenvalue weighted by molar-refractivity contribution is 5.74. The van der Waals surface area contributed by atoms with Crippen LogP contribution in [0.25, 0.3) is 0 Å². The van der Waals surface area contributed by atoms with Crippen molar-refractivity contribution in [3.05, 3.63) is 23.8 Å². The van der Waals surface area contributed by atoms with Crippen molar-refractivity contribution in [3.63, 3.8) is 0 Å². The smallest absolute Gasteiger partial charge is 0.480 e. The SMILES string of the molecule is CCCCCOC(=O)Oc1ccc(C[C@H](NCC(C)OC(=O)C(C)C(C)C)C(=O)O)cc1OC(=O)OCCCCC. The molecular weight excluding hydrogens is 534 g/mol. The van der Waals surface area contributed by atoms with E-state index in [0.29, 0.717) is 18.4 Å². The zero-order valence-corrected chi connectivity index (χ0v) is 25.2. The normalized spacial score (nSPS) is 13.1. The van der Waals surface area contributed by atoms with Crippen molar-refractivity contribution in [3.8, 4) is 11.5 Å². The van der Waals surface area contributed by atoms with E-state index in [4.69, 9.17) is 23.7 Å². The van der Waals surface area contributed by atoms with E-state index in [1.807, 2.05) is 27.7 Å². The third-order valence-corrected chi connectivity index (χ3v) is 6.41. The molecule has 1 rings (SSSR count). The first-order chi connectivity index (χ1) is 19.5. The number of hydrogen-bond donors (Lipinski definition) is 2. The van der Waals surface area contributed by atoms with Crippen LogP contribution < -0.4 is 14.8 Å². The minimum absolute atomic E-state index is 0.00203. The predicted octanol–water partition coefficient (Wildman–Crippen LogP) is 5.91. The number of esters is 1. The van der Waals surface area contributed by atoms with E-state index in [1.165, 1.54) is 12.1 Å². The first kappa shape index (κ1) is 35.7. The van der Waals surface area contributed by atoms with Crippen molar-refractivity contribution in [1.82, 2.24) is 5.32 Å². The first-order valence-corrected chi connectivity index (χ1v) is 14.5. The van der Waals surface area contributed by atoms with Gasteiger partial charge in [0.05, 0.1) is 19.1 Å². The summed E-state index contributed by atoms with van der Waals surface area (Å²) in [6, 6.07) is 3.34. The molecule has 0 aliphatic rings. The molecule has 0 amide bonds. The van der Waals surface area contributed by atoms with Crippen LogP contribution in [0.1, 0.15) is 85.6 Å². The summed E-state index contributed by atoms with van der Waals surface area (Å²) in [4.78, 5) is 48.7. The lowest BCUT2D eigenvalue weighted by Crippen LogP contribution is -2.43. The van der Waals surface area contributed by atoms with Crippen LogP contribution in [0.2, 0.25) is 0 Å². The van der Waals surface area contributed by atoms with Crippen LogP contribution in [0, 0.1) is 11.8 Å². The number of benzene rings is 1. The van der Waals surface area contributed by atoms with Crippen molar-refractivity contribution >= 4 is 24.2 Å². The summed E-state index contributed by atoms with van der Waals surface area (Å²) in [6.07, 6.45) is 2.60. The molecule has 0 aliphatic heterocycles. The number of nitrogens with one attached hydrogen (secondary N) is 1. The Morgan fingerprint density at radius 3 is 1.90 bits per heavy atom. The molecule has 2 N–H and O–H groups in total. The van der Waals surface area contributed by atoms with Crippen molar-refractivity contribution in [2.45, 2.75) is 98.6 Å². The summed E-state index contributed by atoms with van der Waals surface area (Å²) in [5.74, 6) is -1.80. The molecule has 0 bridgehead atoms. The van der Waals surface area contributed by atoms with Gasteiger partial charge in [0.2, 0.25) is 0 Å². The van der Waals surface area contributed by atoms with Crippen molar-refractivity contribution < 1.29 is 48.0 Å². The first-order valence-electron chi connectivity index (χ1n) is 14.5. The molecule has 0 saturated heterocycles. The van der Waals surface area contributed by atoms with Gasteiger partial charge >= 0.3 is 24.2 Å². The molecule has 3 atom stereocenters. The van der Waals surface area contributed by atoms with Gasteiger partial charge in [-0.05, 0) is 49.8 Å². The van der Waals surface area contributed by atoms with Crippen molar-refractivity contribution in [2.75, 3.05) is 19.8 Å². The molecule has 1 aromatic rings. The highest BCUT2D eigenvalue weighted by atomic mass is 16.7. The number of carboxylic acid groups (broad SMARTS) is 1. The Bertz CT molecular complexity index is 965. The van der Waals surface area contributed by atoms with Crippen LogP contribution in [0.15, 0.2) is 18.2 Å². The summed E-state index contributed by atoms with van der Waals surface area (Å²) in [7, 11) is 0. The number of rotatable bonds is 19. The van der Waals surface area contributed by atoms with Crippen LogP contribution in [-0.2, 0) is 30.2 Å². The van der Waals surface area contributed by atoms with E-state index in [9.17, 15) is 24.3 Å². The van der Waals surface area contributed by atoms with Gasteiger partial charge in [-0.15, -0.1) is 0 Å². The van der Waals surface area contributed by atoms with Gasteiger partial charge in [0.25, 0.3) is 0 Å². The molecule has 0 spiro atoms. The zero-order valence-electron chi connectivity index (χ0n) is 25.2. The summed E-state index contributed by atoms with van der Waals surface area (Å²) >= 11 is 0. The average molecular weight is 582 g/mol. The van der Waals surface area contributed by atoms with E-state index in [1.54, 1.807) is 19.9 Å². The molecule has 0 aromatic heterocycles. The predicted molar refractivity (Wildman–Crippen MR) is 152 cm³/mol. The lowest BCUT2D eigenvalue weighted by Gasteiger charge is -2.21. The summed E-state index contributed by atoms with van der Waals surface area (Å²) in [5.41, 5.74) is 0.487. The molecule has 41 heavy (non-hydrogen) atoms. The summed E-state index contributed by atoms with van der Waals surface area (Å²) < 4.78 is 26.2.